The molecule has 2 saturated heterocycles. The monoisotopic (exact) mass is 294 g/mol. The fraction of sp³-hybridized carbons (Fsp3) is 0.600. The van der Waals surface area contributed by atoms with Crippen LogP contribution in [0.3, 0.4) is 0 Å². The largest absolute Gasteiger partial charge is 0.454 e. The van der Waals surface area contributed by atoms with Gasteiger partial charge in [0.05, 0.1) is 0 Å². The minimum atomic E-state index is 0.299. The molecule has 3 aliphatic rings. The molecule has 0 radical (unpaired) electrons. The van der Waals surface area contributed by atoms with Gasteiger partial charge in [0.15, 0.2) is 11.5 Å². The van der Waals surface area contributed by atoms with Gasteiger partial charge in [-0.3, -0.25) is 4.90 Å². The molecule has 0 saturated carbocycles. The molecule has 2 atom stereocenters. The van der Waals surface area contributed by atoms with Crippen LogP contribution >= 0.6 is 11.6 Å². The average Bonchev–Trinajstić information content (AvgIpc) is 3.09. The van der Waals surface area contributed by atoms with Crippen molar-refractivity contribution in [3.8, 4) is 11.5 Å². The summed E-state index contributed by atoms with van der Waals surface area (Å²) in [6, 6.07) is 4.63. The van der Waals surface area contributed by atoms with Crippen molar-refractivity contribution in [2.45, 2.75) is 19.0 Å². The van der Waals surface area contributed by atoms with Gasteiger partial charge < -0.3 is 14.4 Å². The minimum absolute atomic E-state index is 0.299. The number of hydrogen-bond donors (Lipinski definition) is 0. The van der Waals surface area contributed by atoms with E-state index in [9.17, 15) is 0 Å². The summed E-state index contributed by atoms with van der Waals surface area (Å²) < 4.78 is 10.8. The second-order valence-electron chi connectivity index (χ2n) is 6.09. The number of halogens is 1. The molecule has 0 amide bonds. The van der Waals surface area contributed by atoms with Crippen LogP contribution in [0.2, 0.25) is 5.02 Å². The van der Waals surface area contributed by atoms with Gasteiger partial charge in [0.2, 0.25) is 6.79 Å². The summed E-state index contributed by atoms with van der Waals surface area (Å²) in [5.74, 6) is 2.41. The van der Waals surface area contributed by atoms with Crippen molar-refractivity contribution in [1.29, 1.82) is 0 Å². The van der Waals surface area contributed by atoms with E-state index in [-0.39, 0.29) is 0 Å². The minimum Gasteiger partial charge on any atom is -0.454 e. The number of hydrogen-bond acceptors (Lipinski definition) is 4. The molecule has 108 valence electrons. The Labute approximate surface area is 124 Å². The van der Waals surface area contributed by atoms with Crippen LogP contribution in [0.1, 0.15) is 12.0 Å². The quantitative estimate of drug-likeness (QED) is 0.835. The van der Waals surface area contributed by atoms with Crippen molar-refractivity contribution >= 4 is 11.6 Å². The van der Waals surface area contributed by atoms with Crippen LogP contribution in [0.15, 0.2) is 12.1 Å². The summed E-state index contributed by atoms with van der Waals surface area (Å²) in [4.78, 5) is 5.00. The van der Waals surface area contributed by atoms with Gasteiger partial charge in [-0.05, 0) is 37.6 Å². The van der Waals surface area contributed by atoms with Crippen LogP contribution in [0.5, 0.6) is 11.5 Å². The van der Waals surface area contributed by atoms with Gasteiger partial charge in [-0.15, -0.1) is 0 Å². The number of fused-ring (bicyclic) bond motifs is 2. The highest BCUT2D eigenvalue weighted by Crippen LogP contribution is 2.38. The fourth-order valence-electron chi connectivity index (χ4n) is 3.71. The molecule has 0 bridgehead atoms. The molecule has 0 aliphatic carbocycles. The summed E-state index contributed by atoms with van der Waals surface area (Å²) in [5, 5.41) is 0.777. The standard InChI is InChI=1S/C15H19ClN2O2/c1-17-3-2-10-6-18(8-13(10)17)7-11-4-14-15(5-12(11)16)20-9-19-14/h4-5,10,13H,2-3,6-9H2,1H3/t10-,13+/m1/s1. The first kappa shape index (κ1) is 12.7. The Morgan fingerprint density at radius 2 is 2.05 bits per heavy atom. The van der Waals surface area contributed by atoms with Gasteiger partial charge in [-0.2, -0.15) is 0 Å². The maximum Gasteiger partial charge on any atom is 0.231 e. The molecule has 20 heavy (non-hydrogen) atoms. The Bertz CT molecular complexity index is 537. The number of rotatable bonds is 2. The third-order valence-electron chi connectivity index (χ3n) is 4.84. The van der Waals surface area contributed by atoms with Crippen molar-refractivity contribution < 1.29 is 9.47 Å². The first-order chi connectivity index (χ1) is 9.70. The first-order valence-corrected chi connectivity index (χ1v) is 7.59. The molecule has 0 aromatic heterocycles. The smallest absolute Gasteiger partial charge is 0.231 e. The molecule has 0 spiro atoms. The second kappa shape index (κ2) is 4.79. The van der Waals surface area contributed by atoms with E-state index in [1.807, 2.05) is 12.1 Å². The summed E-state index contributed by atoms with van der Waals surface area (Å²) >= 11 is 6.36. The molecule has 1 aromatic carbocycles. The van der Waals surface area contributed by atoms with E-state index in [2.05, 4.69) is 16.8 Å². The predicted octanol–water partition coefficient (Wildman–Crippen LogP) is 2.20. The number of ether oxygens (including phenoxy) is 2. The second-order valence-corrected chi connectivity index (χ2v) is 6.49. The van der Waals surface area contributed by atoms with Crippen LogP contribution in [-0.4, -0.2) is 49.3 Å². The van der Waals surface area contributed by atoms with E-state index >= 15 is 0 Å². The third kappa shape index (κ3) is 2.07. The maximum absolute atomic E-state index is 6.36. The normalized spacial score (nSPS) is 29.1. The van der Waals surface area contributed by atoms with Crippen molar-refractivity contribution in [2.75, 3.05) is 33.5 Å². The van der Waals surface area contributed by atoms with Crippen LogP contribution in [0.25, 0.3) is 0 Å². The Balaban J connectivity index is 1.50. The average molecular weight is 295 g/mol. The lowest BCUT2D eigenvalue weighted by molar-refractivity contribution is 0.174. The van der Waals surface area contributed by atoms with Crippen molar-refractivity contribution in [3.63, 3.8) is 0 Å². The SMILES string of the molecule is CN1CC[C@@H]2CN(Cc3cc4c(cc3Cl)OCO4)C[C@@H]21. The lowest BCUT2D eigenvalue weighted by atomic mass is 10.1. The molecule has 3 heterocycles. The Kier molecular flexibility index (Phi) is 3.05. The number of likely N-dealkylation sites (tertiary alicyclic amines) is 2. The third-order valence-corrected chi connectivity index (χ3v) is 5.19. The van der Waals surface area contributed by atoms with Gasteiger partial charge in [0.25, 0.3) is 0 Å². The highest BCUT2D eigenvalue weighted by molar-refractivity contribution is 6.31. The molecule has 4 rings (SSSR count). The highest BCUT2D eigenvalue weighted by Gasteiger charge is 2.39. The zero-order valence-electron chi connectivity index (χ0n) is 11.6. The molecule has 4 nitrogen and oxygen atoms in total. The number of nitrogens with zero attached hydrogens (tertiary/aromatic N) is 2. The van der Waals surface area contributed by atoms with E-state index in [1.54, 1.807) is 0 Å². The van der Waals surface area contributed by atoms with Gasteiger partial charge >= 0.3 is 0 Å². The fourth-order valence-corrected chi connectivity index (χ4v) is 3.92. The van der Waals surface area contributed by atoms with Crippen LogP contribution < -0.4 is 9.47 Å². The molecular weight excluding hydrogens is 276 g/mol. The van der Waals surface area contributed by atoms with Crippen LogP contribution in [-0.2, 0) is 6.54 Å². The molecule has 0 N–H and O–H groups in total. The molecule has 0 unspecified atom stereocenters. The molecule has 5 heteroatoms. The summed E-state index contributed by atoms with van der Waals surface area (Å²) in [6.07, 6.45) is 1.33. The Hall–Kier alpha value is -0.970. The van der Waals surface area contributed by atoms with Gasteiger partial charge in [0, 0.05) is 36.8 Å². The van der Waals surface area contributed by atoms with Crippen molar-refractivity contribution in [1.82, 2.24) is 9.80 Å². The summed E-state index contributed by atoms with van der Waals surface area (Å²) in [7, 11) is 2.24. The lowest BCUT2D eigenvalue weighted by Gasteiger charge is -2.21. The molecular formula is C15H19ClN2O2. The van der Waals surface area contributed by atoms with E-state index in [4.69, 9.17) is 21.1 Å². The van der Waals surface area contributed by atoms with E-state index in [0.29, 0.717) is 6.79 Å². The van der Waals surface area contributed by atoms with E-state index in [0.717, 1.165) is 47.1 Å². The summed E-state index contributed by atoms with van der Waals surface area (Å²) in [6.45, 7) is 4.77. The van der Waals surface area contributed by atoms with Crippen LogP contribution in [0, 0.1) is 5.92 Å². The number of likely N-dealkylation sites (N-methyl/N-ethyl adjacent to an activating group) is 1. The Morgan fingerprint density at radius 1 is 1.25 bits per heavy atom. The molecule has 2 fully saturated rings. The van der Waals surface area contributed by atoms with Crippen molar-refractivity contribution in [3.05, 3.63) is 22.7 Å². The molecule has 3 aliphatic heterocycles. The zero-order valence-corrected chi connectivity index (χ0v) is 12.4. The predicted molar refractivity (Wildman–Crippen MR) is 77.4 cm³/mol. The lowest BCUT2D eigenvalue weighted by Crippen LogP contribution is -2.31. The topological polar surface area (TPSA) is 24.9 Å². The van der Waals surface area contributed by atoms with E-state index < -0.39 is 0 Å². The molecule has 1 aromatic rings. The highest BCUT2D eigenvalue weighted by atomic mass is 35.5. The van der Waals surface area contributed by atoms with E-state index in [1.165, 1.54) is 19.5 Å². The zero-order chi connectivity index (χ0) is 13.7. The Morgan fingerprint density at radius 3 is 2.85 bits per heavy atom. The van der Waals surface area contributed by atoms with Gasteiger partial charge in [-0.1, -0.05) is 11.6 Å². The summed E-state index contributed by atoms with van der Waals surface area (Å²) in [5.41, 5.74) is 1.14. The maximum atomic E-state index is 6.36. The first-order valence-electron chi connectivity index (χ1n) is 7.21. The number of benzene rings is 1. The van der Waals surface area contributed by atoms with Gasteiger partial charge in [-0.25, -0.2) is 0 Å². The van der Waals surface area contributed by atoms with Crippen LogP contribution in [0.4, 0.5) is 0 Å². The van der Waals surface area contributed by atoms with Crippen molar-refractivity contribution in [2.24, 2.45) is 5.92 Å². The van der Waals surface area contributed by atoms with Gasteiger partial charge in [0.1, 0.15) is 0 Å².